The Labute approximate surface area is 105 Å². The molecule has 0 amide bonds. The SMILES string of the molecule is O=C(OCc1cc(-c2ccccc2)on1)C1CC1. The van der Waals surface area contributed by atoms with E-state index in [0.717, 1.165) is 18.4 Å². The number of hydrogen-bond acceptors (Lipinski definition) is 4. The summed E-state index contributed by atoms with van der Waals surface area (Å²) in [5.41, 5.74) is 1.60. The third-order valence-corrected chi connectivity index (χ3v) is 2.89. The molecule has 2 aromatic rings. The maximum absolute atomic E-state index is 11.4. The zero-order valence-corrected chi connectivity index (χ0v) is 9.83. The number of esters is 1. The highest BCUT2D eigenvalue weighted by Gasteiger charge is 2.31. The van der Waals surface area contributed by atoms with Gasteiger partial charge in [0.1, 0.15) is 12.3 Å². The van der Waals surface area contributed by atoms with Crippen LogP contribution in [0.1, 0.15) is 18.5 Å². The summed E-state index contributed by atoms with van der Waals surface area (Å²) in [6.07, 6.45) is 1.90. The van der Waals surface area contributed by atoms with Gasteiger partial charge >= 0.3 is 5.97 Å². The molecule has 1 aliphatic rings. The van der Waals surface area contributed by atoms with Crippen LogP contribution < -0.4 is 0 Å². The summed E-state index contributed by atoms with van der Waals surface area (Å²) in [6, 6.07) is 11.5. The Morgan fingerprint density at radius 2 is 2.11 bits per heavy atom. The summed E-state index contributed by atoms with van der Waals surface area (Å²) < 4.78 is 10.4. The molecule has 1 aromatic carbocycles. The quantitative estimate of drug-likeness (QED) is 0.775. The molecule has 0 spiro atoms. The first-order chi connectivity index (χ1) is 8.83. The van der Waals surface area contributed by atoms with E-state index >= 15 is 0 Å². The molecule has 0 unspecified atom stereocenters. The molecule has 18 heavy (non-hydrogen) atoms. The smallest absolute Gasteiger partial charge is 0.309 e. The number of rotatable bonds is 4. The Bertz CT molecular complexity index is 543. The molecule has 92 valence electrons. The van der Waals surface area contributed by atoms with E-state index in [-0.39, 0.29) is 18.5 Å². The minimum atomic E-state index is -0.126. The lowest BCUT2D eigenvalue weighted by atomic mass is 10.2. The molecule has 4 heteroatoms. The third-order valence-electron chi connectivity index (χ3n) is 2.89. The van der Waals surface area contributed by atoms with Gasteiger partial charge in [0, 0.05) is 11.6 Å². The van der Waals surface area contributed by atoms with E-state index in [0.29, 0.717) is 11.5 Å². The molecule has 1 fully saturated rings. The second-order valence-electron chi connectivity index (χ2n) is 4.43. The van der Waals surface area contributed by atoms with Crippen molar-refractivity contribution in [2.24, 2.45) is 5.92 Å². The molecular weight excluding hydrogens is 230 g/mol. The summed E-state index contributed by atoms with van der Waals surface area (Å²) in [5, 5.41) is 3.89. The van der Waals surface area contributed by atoms with Gasteiger partial charge in [0.05, 0.1) is 5.92 Å². The van der Waals surface area contributed by atoms with E-state index in [2.05, 4.69) is 5.16 Å². The lowest BCUT2D eigenvalue weighted by molar-refractivity contribution is -0.146. The predicted octanol–water partition coefficient (Wildman–Crippen LogP) is 2.79. The molecule has 4 nitrogen and oxygen atoms in total. The highest BCUT2D eigenvalue weighted by atomic mass is 16.5. The molecule has 1 heterocycles. The van der Waals surface area contributed by atoms with Gasteiger partial charge in [0.15, 0.2) is 5.76 Å². The van der Waals surface area contributed by atoms with Crippen molar-refractivity contribution >= 4 is 5.97 Å². The van der Waals surface area contributed by atoms with Crippen molar-refractivity contribution < 1.29 is 14.1 Å². The molecule has 0 N–H and O–H groups in total. The van der Waals surface area contributed by atoms with Crippen molar-refractivity contribution in [3.8, 4) is 11.3 Å². The van der Waals surface area contributed by atoms with E-state index < -0.39 is 0 Å². The average molecular weight is 243 g/mol. The Morgan fingerprint density at radius 1 is 1.33 bits per heavy atom. The van der Waals surface area contributed by atoms with E-state index in [4.69, 9.17) is 9.26 Å². The zero-order valence-electron chi connectivity index (χ0n) is 9.83. The van der Waals surface area contributed by atoms with Crippen molar-refractivity contribution in [1.82, 2.24) is 5.16 Å². The highest BCUT2D eigenvalue weighted by Crippen LogP contribution is 2.30. The van der Waals surface area contributed by atoms with Crippen LogP contribution in [-0.2, 0) is 16.1 Å². The summed E-state index contributed by atoms with van der Waals surface area (Å²) in [7, 11) is 0. The third kappa shape index (κ3) is 2.42. The van der Waals surface area contributed by atoms with Crippen LogP contribution in [-0.4, -0.2) is 11.1 Å². The molecule has 1 aromatic heterocycles. The van der Waals surface area contributed by atoms with E-state index in [1.165, 1.54) is 0 Å². The zero-order chi connectivity index (χ0) is 12.4. The largest absolute Gasteiger partial charge is 0.459 e. The second-order valence-corrected chi connectivity index (χ2v) is 4.43. The lowest BCUT2D eigenvalue weighted by Gasteiger charge is -1.98. The monoisotopic (exact) mass is 243 g/mol. The second kappa shape index (κ2) is 4.64. The van der Waals surface area contributed by atoms with E-state index in [1.807, 2.05) is 30.3 Å². The topological polar surface area (TPSA) is 52.3 Å². The summed E-state index contributed by atoms with van der Waals surface area (Å²) in [6.45, 7) is 0.186. The molecule has 0 aliphatic heterocycles. The van der Waals surface area contributed by atoms with Crippen LogP contribution in [0.2, 0.25) is 0 Å². The van der Waals surface area contributed by atoms with Gasteiger partial charge in [-0.05, 0) is 12.8 Å². The Hall–Kier alpha value is -2.10. The molecule has 0 radical (unpaired) electrons. The van der Waals surface area contributed by atoms with Crippen molar-refractivity contribution in [3.05, 3.63) is 42.1 Å². The lowest BCUT2D eigenvalue weighted by Crippen LogP contribution is -2.06. The van der Waals surface area contributed by atoms with Crippen molar-refractivity contribution in [1.29, 1.82) is 0 Å². The number of ether oxygens (including phenoxy) is 1. The maximum atomic E-state index is 11.4. The first-order valence-electron chi connectivity index (χ1n) is 6.00. The highest BCUT2D eigenvalue weighted by molar-refractivity contribution is 5.74. The molecule has 0 bridgehead atoms. The summed E-state index contributed by atoms with van der Waals surface area (Å²) in [4.78, 5) is 11.4. The molecule has 0 saturated heterocycles. The standard InChI is InChI=1S/C14H13NO3/c16-14(11-6-7-11)17-9-12-8-13(18-15-12)10-4-2-1-3-5-10/h1-5,8,11H,6-7,9H2. The van der Waals surface area contributed by atoms with Gasteiger partial charge in [0.25, 0.3) is 0 Å². The van der Waals surface area contributed by atoms with Crippen LogP contribution >= 0.6 is 0 Å². The van der Waals surface area contributed by atoms with Crippen molar-refractivity contribution in [2.75, 3.05) is 0 Å². The number of aromatic nitrogens is 1. The molecule has 1 aliphatic carbocycles. The van der Waals surface area contributed by atoms with Crippen LogP contribution in [0.15, 0.2) is 40.9 Å². The number of hydrogen-bond donors (Lipinski definition) is 0. The van der Waals surface area contributed by atoms with E-state index in [1.54, 1.807) is 6.07 Å². The van der Waals surface area contributed by atoms with Crippen LogP contribution in [0.3, 0.4) is 0 Å². The number of carbonyl (C=O) groups excluding carboxylic acids is 1. The number of nitrogens with zero attached hydrogens (tertiary/aromatic N) is 1. The van der Waals surface area contributed by atoms with Gasteiger partial charge in [-0.1, -0.05) is 35.5 Å². The summed E-state index contributed by atoms with van der Waals surface area (Å²) >= 11 is 0. The van der Waals surface area contributed by atoms with E-state index in [9.17, 15) is 4.79 Å². The Morgan fingerprint density at radius 3 is 2.83 bits per heavy atom. The molecule has 0 atom stereocenters. The Kier molecular flexibility index (Phi) is 2.84. The van der Waals surface area contributed by atoms with Crippen LogP contribution in [0, 0.1) is 5.92 Å². The van der Waals surface area contributed by atoms with Crippen LogP contribution in [0.4, 0.5) is 0 Å². The van der Waals surface area contributed by atoms with Crippen molar-refractivity contribution in [3.63, 3.8) is 0 Å². The molecule has 3 rings (SSSR count). The number of benzene rings is 1. The predicted molar refractivity (Wildman–Crippen MR) is 64.5 cm³/mol. The molecule has 1 saturated carbocycles. The van der Waals surface area contributed by atoms with Gasteiger partial charge in [-0.15, -0.1) is 0 Å². The number of carbonyl (C=O) groups is 1. The normalized spacial score (nSPS) is 14.4. The fraction of sp³-hybridized carbons (Fsp3) is 0.286. The first kappa shape index (κ1) is 11.0. The van der Waals surface area contributed by atoms with Gasteiger partial charge in [-0.2, -0.15) is 0 Å². The minimum Gasteiger partial charge on any atom is -0.459 e. The molecular formula is C14H13NO3. The fourth-order valence-corrected chi connectivity index (χ4v) is 1.70. The fourth-order valence-electron chi connectivity index (χ4n) is 1.70. The van der Waals surface area contributed by atoms with Crippen LogP contribution in [0.5, 0.6) is 0 Å². The van der Waals surface area contributed by atoms with Crippen molar-refractivity contribution in [2.45, 2.75) is 19.4 Å². The Balaban J connectivity index is 1.64. The van der Waals surface area contributed by atoms with Gasteiger partial charge in [-0.3, -0.25) is 4.79 Å². The van der Waals surface area contributed by atoms with Gasteiger partial charge in [-0.25, -0.2) is 0 Å². The minimum absolute atomic E-state index is 0.116. The first-order valence-corrected chi connectivity index (χ1v) is 6.00. The average Bonchev–Trinajstić information content (AvgIpc) is 3.16. The van der Waals surface area contributed by atoms with Crippen LogP contribution in [0.25, 0.3) is 11.3 Å². The maximum Gasteiger partial charge on any atom is 0.309 e. The van der Waals surface area contributed by atoms with Gasteiger partial charge < -0.3 is 9.26 Å². The van der Waals surface area contributed by atoms with Gasteiger partial charge in [0.2, 0.25) is 0 Å². The summed E-state index contributed by atoms with van der Waals surface area (Å²) in [5.74, 6) is 0.679.